The molecule has 3 N–H and O–H groups in total. The van der Waals surface area contributed by atoms with Crippen LogP contribution in [0.5, 0.6) is 11.5 Å². The van der Waals surface area contributed by atoms with Crippen LogP contribution in [0.2, 0.25) is 0 Å². The van der Waals surface area contributed by atoms with Crippen LogP contribution in [0.3, 0.4) is 0 Å². The second-order valence-corrected chi connectivity index (χ2v) is 6.22. The molecule has 0 saturated heterocycles. The number of rotatable bonds is 7. The van der Waals surface area contributed by atoms with Gasteiger partial charge in [-0.2, -0.15) is 0 Å². The van der Waals surface area contributed by atoms with Crippen LogP contribution in [-0.4, -0.2) is 42.9 Å². The van der Waals surface area contributed by atoms with Crippen LogP contribution in [0.4, 0.5) is 0 Å². The molecule has 0 aliphatic carbocycles. The van der Waals surface area contributed by atoms with Gasteiger partial charge in [-0.3, -0.25) is 0 Å². The third-order valence-electron chi connectivity index (χ3n) is 3.50. The number of hydrogen-bond donors (Lipinski definition) is 3. The standard InChI is InChI=1S/C17H20BrNO2.C2H2O4/c1-20-16-6-4-3-5-13(16)9-10-19-12-14-11-15(18)7-8-17(14)21-2;3-1(4)2(5)6/h3-8,11,19H,9-10,12H2,1-2H3;(H,3,4)(H,5,6). The maximum absolute atomic E-state index is 9.10. The molecule has 0 atom stereocenters. The summed E-state index contributed by atoms with van der Waals surface area (Å²) in [5.74, 6) is -1.80. The molecule has 2 rings (SSSR count). The van der Waals surface area contributed by atoms with E-state index in [1.807, 2.05) is 30.3 Å². The van der Waals surface area contributed by atoms with E-state index in [2.05, 4.69) is 33.4 Å². The second-order valence-electron chi connectivity index (χ2n) is 5.31. The Balaban J connectivity index is 0.000000527. The third kappa shape index (κ3) is 8.10. The number of hydrogen-bond acceptors (Lipinski definition) is 5. The Labute approximate surface area is 166 Å². The largest absolute Gasteiger partial charge is 0.496 e. The summed E-state index contributed by atoms with van der Waals surface area (Å²) in [6.45, 7) is 1.66. The first kappa shape index (κ1) is 22.5. The van der Waals surface area contributed by atoms with Gasteiger partial charge in [0.1, 0.15) is 11.5 Å². The van der Waals surface area contributed by atoms with Crippen LogP contribution in [0.15, 0.2) is 46.9 Å². The number of nitrogens with one attached hydrogen (secondary N) is 1. The fourth-order valence-corrected chi connectivity index (χ4v) is 2.65. The number of benzene rings is 2. The molecule has 8 heteroatoms. The van der Waals surface area contributed by atoms with Gasteiger partial charge >= 0.3 is 11.9 Å². The minimum Gasteiger partial charge on any atom is -0.496 e. The molecule has 27 heavy (non-hydrogen) atoms. The van der Waals surface area contributed by atoms with E-state index >= 15 is 0 Å². The van der Waals surface area contributed by atoms with Gasteiger partial charge in [0, 0.05) is 16.6 Å². The van der Waals surface area contributed by atoms with Crippen molar-refractivity contribution in [2.45, 2.75) is 13.0 Å². The summed E-state index contributed by atoms with van der Waals surface area (Å²) in [7, 11) is 3.40. The molecule has 0 amide bonds. The van der Waals surface area contributed by atoms with Crippen molar-refractivity contribution in [3.8, 4) is 11.5 Å². The van der Waals surface area contributed by atoms with Crippen molar-refractivity contribution in [3.63, 3.8) is 0 Å². The Morgan fingerprint density at radius 3 is 2.15 bits per heavy atom. The summed E-state index contributed by atoms with van der Waals surface area (Å²) in [6.07, 6.45) is 0.931. The zero-order chi connectivity index (χ0) is 20.2. The van der Waals surface area contributed by atoms with Crippen LogP contribution < -0.4 is 14.8 Å². The monoisotopic (exact) mass is 439 g/mol. The Hall–Kier alpha value is -2.58. The molecule has 0 fully saturated rings. The molecule has 0 unspecified atom stereocenters. The number of halogens is 1. The summed E-state index contributed by atoms with van der Waals surface area (Å²) >= 11 is 3.49. The zero-order valence-corrected chi connectivity index (χ0v) is 16.7. The lowest BCUT2D eigenvalue weighted by atomic mass is 10.1. The van der Waals surface area contributed by atoms with Gasteiger partial charge in [-0.15, -0.1) is 0 Å². The van der Waals surface area contributed by atoms with E-state index in [4.69, 9.17) is 29.3 Å². The highest BCUT2D eigenvalue weighted by Gasteiger charge is 2.05. The van der Waals surface area contributed by atoms with Crippen molar-refractivity contribution >= 4 is 27.9 Å². The molecule has 0 heterocycles. The Bertz CT molecular complexity index is 754. The van der Waals surface area contributed by atoms with Gasteiger partial charge in [0.15, 0.2) is 0 Å². The SMILES string of the molecule is COc1ccccc1CCNCc1cc(Br)ccc1OC.O=C(O)C(=O)O. The highest BCUT2D eigenvalue weighted by atomic mass is 79.9. The van der Waals surface area contributed by atoms with Crippen LogP contribution in [0.1, 0.15) is 11.1 Å². The number of methoxy groups -OCH3 is 2. The zero-order valence-electron chi connectivity index (χ0n) is 15.1. The lowest BCUT2D eigenvalue weighted by Crippen LogP contribution is -2.17. The van der Waals surface area contributed by atoms with E-state index in [0.29, 0.717) is 0 Å². The van der Waals surface area contributed by atoms with Gasteiger partial charge in [0.25, 0.3) is 0 Å². The number of carboxylic acids is 2. The molecular formula is C19H22BrNO6. The fourth-order valence-electron chi connectivity index (χ4n) is 2.24. The number of para-hydroxylation sites is 1. The van der Waals surface area contributed by atoms with Gasteiger partial charge in [-0.05, 0) is 42.8 Å². The molecule has 2 aromatic carbocycles. The topological polar surface area (TPSA) is 105 Å². The van der Waals surface area contributed by atoms with Crippen LogP contribution in [0.25, 0.3) is 0 Å². The van der Waals surface area contributed by atoms with Crippen LogP contribution in [-0.2, 0) is 22.6 Å². The van der Waals surface area contributed by atoms with E-state index < -0.39 is 11.9 Å². The molecule has 0 aliphatic rings. The van der Waals surface area contributed by atoms with Gasteiger partial charge in [0.2, 0.25) is 0 Å². The summed E-state index contributed by atoms with van der Waals surface area (Å²) in [5.41, 5.74) is 2.36. The molecule has 0 saturated carbocycles. The van der Waals surface area contributed by atoms with Crippen molar-refractivity contribution in [3.05, 3.63) is 58.1 Å². The highest BCUT2D eigenvalue weighted by Crippen LogP contribution is 2.23. The molecule has 146 valence electrons. The van der Waals surface area contributed by atoms with Crippen molar-refractivity contribution in [2.75, 3.05) is 20.8 Å². The van der Waals surface area contributed by atoms with E-state index in [1.165, 1.54) is 5.56 Å². The van der Waals surface area contributed by atoms with E-state index in [-0.39, 0.29) is 0 Å². The van der Waals surface area contributed by atoms with Crippen LogP contribution in [0, 0.1) is 0 Å². The molecule has 0 radical (unpaired) electrons. The van der Waals surface area contributed by atoms with Gasteiger partial charge in [-0.25, -0.2) is 9.59 Å². The number of carboxylic acid groups (broad SMARTS) is 2. The van der Waals surface area contributed by atoms with Gasteiger partial charge < -0.3 is 25.0 Å². The van der Waals surface area contributed by atoms with Crippen LogP contribution >= 0.6 is 15.9 Å². The Morgan fingerprint density at radius 2 is 1.56 bits per heavy atom. The Kier molecular flexibility index (Phi) is 9.92. The first-order chi connectivity index (χ1) is 12.9. The predicted molar refractivity (Wildman–Crippen MR) is 104 cm³/mol. The summed E-state index contributed by atoms with van der Waals surface area (Å²) < 4.78 is 11.8. The molecule has 2 aromatic rings. The van der Waals surface area contributed by atoms with Gasteiger partial charge in [0.05, 0.1) is 14.2 Å². The molecule has 0 aromatic heterocycles. The first-order valence-corrected chi connectivity index (χ1v) is 8.79. The van der Waals surface area contributed by atoms with E-state index in [9.17, 15) is 0 Å². The average molecular weight is 440 g/mol. The molecule has 7 nitrogen and oxygen atoms in total. The maximum Gasteiger partial charge on any atom is 0.414 e. The molecule has 0 spiro atoms. The third-order valence-corrected chi connectivity index (χ3v) is 4.00. The predicted octanol–water partition coefficient (Wildman–Crippen LogP) is 2.95. The molecule has 0 bridgehead atoms. The van der Waals surface area contributed by atoms with Crippen molar-refractivity contribution in [1.29, 1.82) is 0 Å². The quantitative estimate of drug-likeness (QED) is 0.449. The number of ether oxygens (including phenoxy) is 2. The van der Waals surface area contributed by atoms with E-state index in [1.54, 1.807) is 14.2 Å². The normalized spacial score (nSPS) is 9.74. The van der Waals surface area contributed by atoms with Gasteiger partial charge in [-0.1, -0.05) is 34.1 Å². The summed E-state index contributed by atoms with van der Waals surface area (Å²) in [4.78, 5) is 18.2. The van der Waals surface area contributed by atoms with Crippen molar-refractivity contribution in [1.82, 2.24) is 5.32 Å². The van der Waals surface area contributed by atoms with Crippen molar-refractivity contribution < 1.29 is 29.3 Å². The van der Waals surface area contributed by atoms with E-state index in [0.717, 1.165) is 41.0 Å². The maximum atomic E-state index is 9.10. The molecular weight excluding hydrogens is 418 g/mol. The number of aliphatic carboxylic acids is 2. The Morgan fingerprint density at radius 1 is 0.963 bits per heavy atom. The summed E-state index contributed by atoms with van der Waals surface area (Å²) in [6, 6.07) is 14.2. The smallest absolute Gasteiger partial charge is 0.414 e. The highest BCUT2D eigenvalue weighted by molar-refractivity contribution is 9.10. The average Bonchev–Trinajstić information content (AvgIpc) is 2.66. The second kappa shape index (κ2) is 11.9. The lowest BCUT2D eigenvalue weighted by Gasteiger charge is -2.11. The fraction of sp³-hybridized carbons (Fsp3) is 0.263. The minimum absolute atomic E-state index is 0.776. The van der Waals surface area contributed by atoms with Crippen molar-refractivity contribution in [2.24, 2.45) is 0 Å². The number of carbonyl (C=O) groups is 2. The lowest BCUT2D eigenvalue weighted by molar-refractivity contribution is -0.159. The minimum atomic E-state index is -1.82. The summed E-state index contributed by atoms with van der Waals surface area (Å²) in [5, 5.41) is 18.2. The molecule has 0 aliphatic heterocycles. The first-order valence-electron chi connectivity index (χ1n) is 8.00.